The van der Waals surface area contributed by atoms with E-state index in [4.69, 9.17) is 4.74 Å². The standard InChI is InChI=1S/C13H17NO/c1-9(10-2-3-10)14-12-4-5-13-11(8-12)6-7-15-13/h4-5,8-10,14H,2-3,6-7H2,1H3. The smallest absolute Gasteiger partial charge is 0.122 e. The van der Waals surface area contributed by atoms with E-state index >= 15 is 0 Å². The van der Waals surface area contributed by atoms with Crippen LogP contribution in [0.15, 0.2) is 18.2 Å². The second-order valence-electron chi connectivity index (χ2n) is 4.69. The first-order valence-corrected chi connectivity index (χ1v) is 5.85. The SMILES string of the molecule is CC(Nc1ccc2c(c1)CCO2)C1CC1. The summed E-state index contributed by atoms with van der Waals surface area (Å²) in [5.74, 6) is 1.97. The van der Waals surface area contributed by atoms with Crippen LogP contribution < -0.4 is 10.1 Å². The van der Waals surface area contributed by atoms with Crippen molar-refractivity contribution >= 4 is 5.69 Å². The molecular weight excluding hydrogens is 186 g/mol. The van der Waals surface area contributed by atoms with Gasteiger partial charge in [0, 0.05) is 18.2 Å². The molecule has 3 rings (SSSR count). The van der Waals surface area contributed by atoms with E-state index in [-0.39, 0.29) is 0 Å². The quantitative estimate of drug-likeness (QED) is 0.815. The van der Waals surface area contributed by atoms with E-state index in [1.165, 1.54) is 24.1 Å². The highest BCUT2D eigenvalue weighted by Gasteiger charge is 2.27. The molecule has 1 aliphatic carbocycles. The second-order valence-corrected chi connectivity index (χ2v) is 4.69. The Hall–Kier alpha value is -1.18. The van der Waals surface area contributed by atoms with Crippen molar-refractivity contribution in [1.82, 2.24) is 0 Å². The van der Waals surface area contributed by atoms with Crippen molar-refractivity contribution in [2.45, 2.75) is 32.2 Å². The lowest BCUT2D eigenvalue weighted by atomic mass is 10.1. The number of hydrogen-bond donors (Lipinski definition) is 1. The summed E-state index contributed by atoms with van der Waals surface area (Å²) in [7, 11) is 0. The van der Waals surface area contributed by atoms with Crippen LogP contribution in [0.4, 0.5) is 5.69 Å². The van der Waals surface area contributed by atoms with E-state index in [9.17, 15) is 0 Å². The number of hydrogen-bond acceptors (Lipinski definition) is 2. The molecule has 1 fully saturated rings. The van der Waals surface area contributed by atoms with Crippen LogP contribution in [0.1, 0.15) is 25.3 Å². The maximum Gasteiger partial charge on any atom is 0.122 e. The van der Waals surface area contributed by atoms with Gasteiger partial charge >= 0.3 is 0 Å². The van der Waals surface area contributed by atoms with Gasteiger partial charge in [-0.2, -0.15) is 0 Å². The van der Waals surface area contributed by atoms with Gasteiger partial charge in [0.05, 0.1) is 6.61 Å². The minimum absolute atomic E-state index is 0.616. The van der Waals surface area contributed by atoms with Gasteiger partial charge in [-0.3, -0.25) is 0 Å². The highest BCUT2D eigenvalue weighted by atomic mass is 16.5. The number of benzene rings is 1. The number of fused-ring (bicyclic) bond motifs is 1. The maximum absolute atomic E-state index is 5.49. The number of rotatable bonds is 3. The van der Waals surface area contributed by atoms with E-state index in [0.29, 0.717) is 6.04 Å². The van der Waals surface area contributed by atoms with Crippen LogP contribution in [0.2, 0.25) is 0 Å². The van der Waals surface area contributed by atoms with Crippen LogP contribution in [0.5, 0.6) is 5.75 Å². The Balaban J connectivity index is 1.74. The van der Waals surface area contributed by atoms with Crippen molar-refractivity contribution in [2.24, 2.45) is 5.92 Å². The van der Waals surface area contributed by atoms with E-state index in [1.54, 1.807) is 0 Å². The highest BCUT2D eigenvalue weighted by molar-refractivity contribution is 5.53. The fraction of sp³-hybridized carbons (Fsp3) is 0.538. The molecule has 0 aromatic heterocycles. The van der Waals surface area contributed by atoms with E-state index < -0.39 is 0 Å². The van der Waals surface area contributed by atoms with Gasteiger partial charge < -0.3 is 10.1 Å². The Labute approximate surface area is 90.6 Å². The average Bonchev–Trinajstić information content (AvgIpc) is 2.98. The molecule has 1 saturated carbocycles. The van der Waals surface area contributed by atoms with Gasteiger partial charge in [-0.05, 0) is 49.4 Å². The molecule has 15 heavy (non-hydrogen) atoms. The molecule has 1 unspecified atom stereocenters. The lowest BCUT2D eigenvalue weighted by Crippen LogP contribution is -2.17. The van der Waals surface area contributed by atoms with Crippen LogP contribution in [-0.2, 0) is 6.42 Å². The summed E-state index contributed by atoms with van der Waals surface area (Å²) in [5, 5.41) is 3.58. The van der Waals surface area contributed by atoms with Crippen LogP contribution in [0.3, 0.4) is 0 Å². The summed E-state index contributed by atoms with van der Waals surface area (Å²) in [5.41, 5.74) is 2.60. The van der Waals surface area contributed by atoms with Crippen molar-refractivity contribution < 1.29 is 4.74 Å². The molecule has 1 aromatic carbocycles. The van der Waals surface area contributed by atoms with Gasteiger partial charge in [0.1, 0.15) is 5.75 Å². The first-order chi connectivity index (χ1) is 7.33. The zero-order valence-corrected chi connectivity index (χ0v) is 9.12. The van der Waals surface area contributed by atoms with Crippen molar-refractivity contribution in [3.8, 4) is 5.75 Å². The molecule has 2 heteroatoms. The lowest BCUT2D eigenvalue weighted by molar-refractivity contribution is 0.357. The molecular formula is C13H17NO. The third-order valence-corrected chi connectivity index (χ3v) is 3.41. The monoisotopic (exact) mass is 203 g/mol. The van der Waals surface area contributed by atoms with Crippen LogP contribution in [0.25, 0.3) is 0 Å². The van der Waals surface area contributed by atoms with Gasteiger partial charge in [-0.25, -0.2) is 0 Å². The highest BCUT2D eigenvalue weighted by Crippen LogP contribution is 2.35. The molecule has 1 N–H and O–H groups in total. The largest absolute Gasteiger partial charge is 0.493 e. The van der Waals surface area contributed by atoms with Crippen LogP contribution >= 0.6 is 0 Å². The molecule has 2 nitrogen and oxygen atoms in total. The summed E-state index contributed by atoms with van der Waals surface area (Å²) in [4.78, 5) is 0. The topological polar surface area (TPSA) is 21.3 Å². The van der Waals surface area contributed by atoms with Crippen molar-refractivity contribution in [3.05, 3.63) is 23.8 Å². The minimum Gasteiger partial charge on any atom is -0.493 e. The van der Waals surface area contributed by atoms with Crippen molar-refractivity contribution in [1.29, 1.82) is 0 Å². The van der Waals surface area contributed by atoms with Gasteiger partial charge in [-0.1, -0.05) is 0 Å². The average molecular weight is 203 g/mol. The van der Waals surface area contributed by atoms with Gasteiger partial charge in [0.15, 0.2) is 0 Å². The minimum atomic E-state index is 0.616. The first kappa shape index (κ1) is 9.08. The Bertz CT molecular complexity index is 371. The third-order valence-electron chi connectivity index (χ3n) is 3.41. The summed E-state index contributed by atoms with van der Waals surface area (Å²) >= 11 is 0. The number of anilines is 1. The van der Waals surface area contributed by atoms with Crippen LogP contribution in [0, 0.1) is 5.92 Å². The Morgan fingerprint density at radius 3 is 3.07 bits per heavy atom. The van der Waals surface area contributed by atoms with E-state index in [2.05, 4.69) is 30.4 Å². The van der Waals surface area contributed by atoms with E-state index in [1.807, 2.05) is 0 Å². The van der Waals surface area contributed by atoms with Gasteiger partial charge in [0.2, 0.25) is 0 Å². The summed E-state index contributed by atoms with van der Waals surface area (Å²) in [6.45, 7) is 3.12. The first-order valence-electron chi connectivity index (χ1n) is 5.85. The third kappa shape index (κ3) is 1.81. The van der Waals surface area contributed by atoms with Crippen molar-refractivity contribution in [2.75, 3.05) is 11.9 Å². The zero-order valence-electron chi connectivity index (χ0n) is 9.12. The van der Waals surface area contributed by atoms with E-state index in [0.717, 1.165) is 24.7 Å². The van der Waals surface area contributed by atoms with Gasteiger partial charge in [0.25, 0.3) is 0 Å². The van der Waals surface area contributed by atoms with Crippen LogP contribution in [-0.4, -0.2) is 12.6 Å². The van der Waals surface area contributed by atoms with Crippen molar-refractivity contribution in [3.63, 3.8) is 0 Å². The molecule has 1 heterocycles. The zero-order chi connectivity index (χ0) is 10.3. The molecule has 1 aromatic rings. The molecule has 0 saturated heterocycles. The molecule has 0 radical (unpaired) electrons. The molecule has 0 spiro atoms. The summed E-state index contributed by atoms with van der Waals surface area (Å²) in [6, 6.07) is 7.07. The Morgan fingerprint density at radius 1 is 1.40 bits per heavy atom. The molecule has 0 bridgehead atoms. The predicted octanol–water partition coefficient (Wildman–Crippen LogP) is 2.83. The Morgan fingerprint density at radius 2 is 2.27 bits per heavy atom. The maximum atomic E-state index is 5.49. The fourth-order valence-corrected chi connectivity index (χ4v) is 2.25. The number of nitrogens with one attached hydrogen (secondary N) is 1. The predicted molar refractivity (Wildman–Crippen MR) is 61.4 cm³/mol. The normalized spacial score (nSPS) is 20.6. The molecule has 1 atom stereocenters. The summed E-state index contributed by atoms with van der Waals surface area (Å²) < 4.78 is 5.49. The fourth-order valence-electron chi connectivity index (χ4n) is 2.25. The summed E-state index contributed by atoms with van der Waals surface area (Å²) in [6.07, 6.45) is 3.84. The van der Waals surface area contributed by atoms with Gasteiger partial charge in [-0.15, -0.1) is 0 Å². The number of ether oxygens (including phenoxy) is 1. The second kappa shape index (κ2) is 3.44. The Kier molecular flexibility index (Phi) is 2.08. The molecule has 2 aliphatic rings. The molecule has 1 aliphatic heterocycles. The molecule has 80 valence electrons. The molecule has 0 amide bonds. The lowest BCUT2D eigenvalue weighted by Gasteiger charge is -2.14.